The van der Waals surface area contributed by atoms with Crippen LogP contribution in [0.25, 0.3) is 10.9 Å². The van der Waals surface area contributed by atoms with Crippen molar-refractivity contribution in [3.63, 3.8) is 0 Å². The minimum atomic E-state index is -1.56. The number of piperazine rings is 1. The van der Waals surface area contributed by atoms with Crippen molar-refractivity contribution >= 4 is 40.0 Å². The summed E-state index contributed by atoms with van der Waals surface area (Å²) >= 11 is 0. The van der Waals surface area contributed by atoms with E-state index < -0.39 is 35.3 Å². The lowest BCUT2D eigenvalue weighted by molar-refractivity contribution is -0.136. The lowest BCUT2D eigenvalue weighted by atomic mass is 9.87. The molecule has 6 aliphatic rings. The number of carbonyl (C=O) groups is 3. The van der Waals surface area contributed by atoms with Crippen molar-refractivity contribution in [1.82, 2.24) is 25.0 Å². The highest BCUT2D eigenvalue weighted by Gasteiger charge is 2.44. The number of piperidine rings is 2. The van der Waals surface area contributed by atoms with Crippen LogP contribution in [0.4, 0.5) is 24.5 Å². The topological polar surface area (TPSA) is 104 Å². The fraction of sp³-hybridized carbons (Fsp3) is 0.500. The summed E-state index contributed by atoms with van der Waals surface area (Å²) in [7, 11) is 0. The van der Waals surface area contributed by atoms with Gasteiger partial charge in [-0.1, -0.05) is 18.2 Å². The number of hydrogen-bond donors (Lipinski definition) is 2. The SMILES string of the molecule is C[C@@H]1Cc2c([nH]c3ccccc23)[C@@H](c2c(F)cc(N3CCC(CN4CCN5c6ccc7c(c6OC[C@H]5C4)CN(C4CCC(=O)NC4=O)C7=O)CC3)cc2F)N1CC(C)(C)F. The molecule has 0 radical (unpaired) electrons. The largest absolute Gasteiger partial charge is 0.489 e. The quantitative estimate of drug-likeness (QED) is 0.216. The number of para-hydroxylation sites is 1. The molecule has 1 unspecified atom stereocenters. The Morgan fingerprint density at radius 1 is 0.917 bits per heavy atom. The molecule has 10 rings (SSSR count). The zero-order valence-corrected chi connectivity index (χ0v) is 34.4. The Kier molecular flexibility index (Phi) is 9.66. The monoisotopic (exact) mass is 823 g/mol. The number of carbonyl (C=O) groups excluding carboxylic acids is 3. The van der Waals surface area contributed by atoms with E-state index in [1.54, 1.807) is 4.90 Å². The summed E-state index contributed by atoms with van der Waals surface area (Å²) < 4.78 is 54.7. The summed E-state index contributed by atoms with van der Waals surface area (Å²) in [6, 6.07) is 13.2. The van der Waals surface area contributed by atoms with E-state index >= 15 is 13.2 Å². The van der Waals surface area contributed by atoms with E-state index in [1.165, 1.54) is 26.0 Å². The van der Waals surface area contributed by atoms with Crippen LogP contribution >= 0.6 is 0 Å². The molecule has 0 spiro atoms. The van der Waals surface area contributed by atoms with E-state index in [0.717, 1.165) is 72.4 Å². The number of aromatic nitrogens is 1. The van der Waals surface area contributed by atoms with Crippen LogP contribution in [0.2, 0.25) is 0 Å². The Morgan fingerprint density at radius 2 is 1.68 bits per heavy atom. The van der Waals surface area contributed by atoms with Gasteiger partial charge in [0.05, 0.1) is 24.3 Å². The third kappa shape index (κ3) is 6.79. The van der Waals surface area contributed by atoms with E-state index in [9.17, 15) is 14.4 Å². The minimum Gasteiger partial charge on any atom is -0.489 e. The lowest BCUT2D eigenvalue weighted by Gasteiger charge is -2.47. The van der Waals surface area contributed by atoms with Gasteiger partial charge in [0.25, 0.3) is 5.91 Å². The Morgan fingerprint density at radius 3 is 2.43 bits per heavy atom. The Labute approximate surface area is 347 Å². The van der Waals surface area contributed by atoms with E-state index in [0.29, 0.717) is 55.5 Å². The van der Waals surface area contributed by atoms with Crippen LogP contribution in [0.3, 0.4) is 0 Å². The Hall–Kier alpha value is -5.08. The average molecular weight is 824 g/mol. The van der Waals surface area contributed by atoms with Crippen molar-refractivity contribution in [3.8, 4) is 5.75 Å². The fourth-order valence-electron chi connectivity index (χ4n) is 11.0. The third-order valence-corrected chi connectivity index (χ3v) is 13.9. The van der Waals surface area contributed by atoms with Crippen LogP contribution in [0.15, 0.2) is 48.5 Å². The number of imide groups is 1. The van der Waals surface area contributed by atoms with Crippen molar-refractivity contribution in [1.29, 1.82) is 0 Å². The first-order chi connectivity index (χ1) is 28.8. The number of anilines is 2. The molecule has 3 aromatic carbocycles. The van der Waals surface area contributed by atoms with Gasteiger partial charge in [0.15, 0.2) is 0 Å². The number of nitrogens with one attached hydrogen (secondary N) is 2. The molecule has 3 saturated heterocycles. The van der Waals surface area contributed by atoms with Crippen LogP contribution in [0, 0.1) is 17.6 Å². The first-order valence-corrected chi connectivity index (χ1v) is 21.5. The number of fused-ring (bicyclic) bond motifs is 8. The van der Waals surface area contributed by atoms with Gasteiger partial charge in [0.2, 0.25) is 11.8 Å². The number of halogens is 3. The van der Waals surface area contributed by atoms with Crippen molar-refractivity contribution in [2.24, 2.45) is 5.92 Å². The molecule has 60 heavy (non-hydrogen) atoms. The first kappa shape index (κ1) is 39.1. The maximum Gasteiger partial charge on any atom is 0.255 e. The maximum absolute atomic E-state index is 16.5. The molecule has 1 aromatic heterocycles. The van der Waals surface area contributed by atoms with E-state index in [4.69, 9.17) is 4.74 Å². The molecular formula is C46H52F3N7O4. The summed E-state index contributed by atoms with van der Waals surface area (Å²) in [4.78, 5) is 51.6. The number of rotatable bonds is 7. The van der Waals surface area contributed by atoms with E-state index in [-0.39, 0.29) is 49.0 Å². The highest BCUT2D eigenvalue weighted by atomic mass is 19.1. The summed E-state index contributed by atoms with van der Waals surface area (Å²) in [5.41, 5.74) is 3.92. The maximum atomic E-state index is 16.5. The van der Waals surface area contributed by atoms with Crippen molar-refractivity contribution in [2.45, 2.75) is 89.3 Å². The normalized spacial score (nSPS) is 25.2. The van der Waals surface area contributed by atoms with Gasteiger partial charge >= 0.3 is 0 Å². The van der Waals surface area contributed by atoms with Crippen molar-refractivity contribution < 1.29 is 32.3 Å². The fourth-order valence-corrected chi connectivity index (χ4v) is 11.0. The molecule has 4 aromatic rings. The van der Waals surface area contributed by atoms with Gasteiger partial charge in [-0.3, -0.25) is 29.5 Å². The van der Waals surface area contributed by atoms with Crippen LogP contribution in [-0.2, 0) is 22.6 Å². The molecule has 6 aliphatic heterocycles. The predicted octanol–water partition coefficient (Wildman–Crippen LogP) is 6.09. The number of hydrogen-bond acceptors (Lipinski definition) is 8. The lowest BCUT2D eigenvalue weighted by Crippen LogP contribution is -2.58. The van der Waals surface area contributed by atoms with Crippen molar-refractivity contribution in [3.05, 3.63) is 88.1 Å². The van der Waals surface area contributed by atoms with Gasteiger partial charge in [-0.2, -0.15) is 0 Å². The van der Waals surface area contributed by atoms with Gasteiger partial charge < -0.3 is 24.4 Å². The molecule has 0 saturated carbocycles. The van der Waals surface area contributed by atoms with E-state index in [1.807, 2.05) is 48.2 Å². The van der Waals surface area contributed by atoms with Gasteiger partial charge in [0, 0.05) is 97.3 Å². The molecule has 316 valence electrons. The van der Waals surface area contributed by atoms with Crippen LogP contribution in [-0.4, -0.2) is 114 Å². The third-order valence-electron chi connectivity index (χ3n) is 13.9. The number of amides is 3. The number of benzene rings is 3. The second-order valence-corrected chi connectivity index (χ2v) is 18.4. The minimum absolute atomic E-state index is 0.0366. The first-order valence-electron chi connectivity index (χ1n) is 21.5. The summed E-state index contributed by atoms with van der Waals surface area (Å²) in [5.74, 6) is -1.03. The number of H-pyrrole nitrogens is 1. The van der Waals surface area contributed by atoms with Crippen LogP contribution < -0.4 is 19.9 Å². The molecular weight excluding hydrogens is 772 g/mol. The molecule has 3 amide bonds. The highest BCUT2D eigenvalue weighted by molar-refractivity contribution is 6.06. The molecule has 3 fully saturated rings. The molecule has 2 N–H and O–H groups in total. The highest BCUT2D eigenvalue weighted by Crippen LogP contribution is 2.46. The molecule has 7 heterocycles. The Bertz CT molecular complexity index is 2370. The summed E-state index contributed by atoms with van der Waals surface area (Å²) in [6.45, 7) is 10.7. The number of alkyl halides is 1. The molecule has 0 bridgehead atoms. The number of ether oxygens (including phenoxy) is 1. The Balaban J connectivity index is 0.791. The smallest absolute Gasteiger partial charge is 0.255 e. The van der Waals surface area contributed by atoms with Crippen LogP contribution in [0.5, 0.6) is 5.75 Å². The number of aromatic amines is 1. The standard InChI is InChI=1S/C46H52F3N7O4/c1-26-18-32-30-6-4-5-7-36(30)50-41(32)42(56(26)25-46(2,3)49)40-34(47)19-28(20-35(40)48)53-14-12-27(13-15-53)21-52-16-17-54-29(22-52)24-60-43-33-23-55(38-10-11-39(57)51-44(38)58)45(59)31(33)8-9-37(43)54/h4-9,19-20,26-27,29,38,42,50H,10-18,21-25H2,1-3H3,(H,51,57,58)/t26-,29-,38?,42-/m1/s1. The van der Waals surface area contributed by atoms with Crippen LogP contribution in [0.1, 0.15) is 85.2 Å². The second-order valence-electron chi connectivity index (χ2n) is 18.4. The molecule has 4 atom stereocenters. The predicted molar refractivity (Wildman–Crippen MR) is 222 cm³/mol. The molecule has 11 nitrogen and oxygen atoms in total. The average Bonchev–Trinajstić information content (AvgIpc) is 3.75. The zero-order chi connectivity index (χ0) is 41.6. The summed E-state index contributed by atoms with van der Waals surface area (Å²) in [5, 5.41) is 3.40. The molecule has 14 heteroatoms. The van der Waals surface area contributed by atoms with Gasteiger partial charge in [0.1, 0.15) is 35.7 Å². The molecule has 0 aliphatic carbocycles. The second kappa shape index (κ2) is 14.8. The van der Waals surface area contributed by atoms with Crippen molar-refractivity contribution in [2.75, 3.05) is 62.2 Å². The number of nitrogens with zero attached hydrogens (tertiary/aromatic N) is 5. The van der Waals surface area contributed by atoms with E-state index in [2.05, 4.69) is 25.0 Å². The van der Waals surface area contributed by atoms with Gasteiger partial charge in [-0.05, 0) is 88.3 Å². The summed E-state index contributed by atoms with van der Waals surface area (Å²) in [6.07, 6.45) is 2.98. The van der Waals surface area contributed by atoms with Gasteiger partial charge in [-0.15, -0.1) is 0 Å². The van der Waals surface area contributed by atoms with Gasteiger partial charge in [-0.25, -0.2) is 13.2 Å². The zero-order valence-electron chi connectivity index (χ0n) is 34.4.